The molecule has 3 aromatic rings. The van der Waals surface area contributed by atoms with Crippen LogP contribution < -0.4 is 19.5 Å². The van der Waals surface area contributed by atoms with E-state index < -0.39 is 0 Å². The Bertz CT molecular complexity index is 1070. The van der Waals surface area contributed by atoms with Gasteiger partial charge in [-0.1, -0.05) is 57.2 Å². The summed E-state index contributed by atoms with van der Waals surface area (Å²) in [7, 11) is 3.23. The van der Waals surface area contributed by atoms with E-state index in [0.29, 0.717) is 24.5 Å². The maximum Gasteiger partial charge on any atom is 0.251 e. The van der Waals surface area contributed by atoms with Crippen LogP contribution in [0.2, 0.25) is 0 Å². The summed E-state index contributed by atoms with van der Waals surface area (Å²) in [5.41, 5.74) is 3.36. The summed E-state index contributed by atoms with van der Waals surface area (Å²) in [4.78, 5) is 12.8. The van der Waals surface area contributed by atoms with E-state index in [1.165, 1.54) is 0 Å². The minimum absolute atomic E-state index is 0.0408. The Balaban J connectivity index is 1.75. The molecule has 0 saturated heterocycles. The van der Waals surface area contributed by atoms with Gasteiger partial charge in [0.1, 0.15) is 23.9 Å². The molecule has 0 aliphatic rings. The van der Waals surface area contributed by atoms with Crippen molar-refractivity contribution in [3.8, 4) is 17.2 Å². The number of methoxy groups -OCH3 is 2. The predicted molar refractivity (Wildman–Crippen MR) is 127 cm³/mol. The Hall–Kier alpha value is -3.47. The van der Waals surface area contributed by atoms with Gasteiger partial charge >= 0.3 is 0 Å². The molecule has 0 fully saturated rings. The normalized spacial score (nSPS) is 11.0. The SMILES string of the molecule is COc1ccccc1CNC(=O)c1ccc(OC)c(COc2ccccc2C(C)(C)C)c1. The molecule has 3 aromatic carbocycles. The second kappa shape index (κ2) is 10.2. The van der Waals surface area contributed by atoms with Crippen LogP contribution in [0.15, 0.2) is 66.7 Å². The van der Waals surface area contributed by atoms with Crippen molar-refractivity contribution in [1.82, 2.24) is 5.32 Å². The molecule has 0 aliphatic heterocycles. The first-order valence-electron chi connectivity index (χ1n) is 10.6. The van der Waals surface area contributed by atoms with Crippen LogP contribution >= 0.6 is 0 Å². The molecular formula is C27H31NO4. The predicted octanol–water partition coefficient (Wildman–Crippen LogP) is 5.51. The van der Waals surface area contributed by atoms with Crippen molar-refractivity contribution < 1.29 is 19.0 Å². The third-order valence-corrected chi connectivity index (χ3v) is 5.25. The molecule has 0 aliphatic carbocycles. The number of rotatable bonds is 8. The highest BCUT2D eigenvalue weighted by molar-refractivity contribution is 5.94. The number of nitrogens with one attached hydrogen (secondary N) is 1. The van der Waals surface area contributed by atoms with E-state index in [9.17, 15) is 4.79 Å². The fourth-order valence-corrected chi connectivity index (χ4v) is 3.53. The monoisotopic (exact) mass is 433 g/mol. The lowest BCUT2D eigenvalue weighted by atomic mass is 9.86. The number of carbonyl (C=O) groups excluding carboxylic acids is 1. The number of ether oxygens (including phenoxy) is 3. The second-order valence-electron chi connectivity index (χ2n) is 8.56. The van der Waals surface area contributed by atoms with E-state index in [4.69, 9.17) is 14.2 Å². The van der Waals surface area contributed by atoms with Gasteiger partial charge < -0.3 is 19.5 Å². The van der Waals surface area contributed by atoms with E-state index >= 15 is 0 Å². The van der Waals surface area contributed by atoms with Crippen LogP contribution in [0.1, 0.15) is 47.8 Å². The first-order chi connectivity index (χ1) is 15.3. The fraction of sp³-hybridized carbons (Fsp3) is 0.296. The van der Waals surface area contributed by atoms with Crippen molar-refractivity contribution in [2.24, 2.45) is 0 Å². The highest BCUT2D eigenvalue weighted by Gasteiger charge is 2.19. The van der Waals surface area contributed by atoms with Crippen molar-refractivity contribution in [1.29, 1.82) is 0 Å². The van der Waals surface area contributed by atoms with Gasteiger partial charge in [-0.15, -0.1) is 0 Å². The Morgan fingerprint density at radius 3 is 2.12 bits per heavy atom. The molecule has 0 saturated carbocycles. The number of hydrogen-bond donors (Lipinski definition) is 1. The van der Waals surface area contributed by atoms with Crippen LogP contribution in [0.5, 0.6) is 17.2 Å². The van der Waals surface area contributed by atoms with Crippen molar-refractivity contribution >= 4 is 5.91 Å². The molecule has 1 N–H and O–H groups in total. The highest BCUT2D eigenvalue weighted by Crippen LogP contribution is 2.32. The third kappa shape index (κ3) is 5.61. The van der Waals surface area contributed by atoms with Crippen LogP contribution in [0.25, 0.3) is 0 Å². The van der Waals surface area contributed by atoms with Crippen molar-refractivity contribution in [2.75, 3.05) is 14.2 Å². The van der Waals surface area contributed by atoms with Crippen LogP contribution in [-0.2, 0) is 18.6 Å². The van der Waals surface area contributed by atoms with Crippen molar-refractivity contribution in [3.63, 3.8) is 0 Å². The number of para-hydroxylation sites is 2. The quantitative estimate of drug-likeness (QED) is 0.509. The van der Waals surface area contributed by atoms with Gasteiger partial charge in [0, 0.05) is 23.2 Å². The van der Waals surface area contributed by atoms with Gasteiger partial charge in [0.15, 0.2) is 0 Å². The Morgan fingerprint density at radius 1 is 0.812 bits per heavy atom. The molecular weight excluding hydrogens is 402 g/mol. The third-order valence-electron chi connectivity index (χ3n) is 5.25. The van der Waals surface area contributed by atoms with Gasteiger partial charge in [-0.2, -0.15) is 0 Å². The summed E-state index contributed by atoms with van der Waals surface area (Å²) in [5.74, 6) is 2.08. The lowest BCUT2D eigenvalue weighted by Crippen LogP contribution is -2.23. The van der Waals surface area contributed by atoms with Crippen LogP contribution in [-0.4, -0.2) is 20.1 Å². The van der Waals surface area contributed by atoms with E-state index in [1.807, 2.05) is 48.5 Å². The Kier molecular flexibility index (Phi) is 7.41. The molecule has 0 aromatic heterocycles. The minimum atomic E-state index is -0.171. The minimum Gasteiger partial charge on any atom is -0.496 e. The first kappa shape index (κ1) is 23.2. The molecule has 0 spiro atoms. The van der Waals surface area contributed by atoms with Crippen LogP contribution in [0.3, 0.4) is 0 Å². The largest absolute Gasteiger partial charge is 0.496 e. The molecule has 32 heavy (non-hydrogen) atoms. The summed E-state index contributed by atoms with van der Waals surface area (Å²) in [5, 5.41) is 2.96. The molecule has 0 bridgehead atoms. The topological polar surface area (TPSA) is 56.8 Å². The van der Waals surface area contributed by atoms with E-state index in [-0.39, 0.29) is 11.3 Å². The zero-order valence-corrected chi connectivity index (χ0v) is 19.4. The Morgan fingerprint density at radius 2 is 1.44 bits per heavy atom. The molecule has 0 unspecified atom stereocenters. The summed E-state index contributed by atoms with van der Waals surface area (Å²) in [6.45, 7) is 7.14. The number of amides is 1. The van der Waals surface area contributed by atoms with E-state index in [2.05, 4.69) is 32.2 Å². The summed E-state index contributed by atoms with van der Waals surface area (Å²) in [6, 6.07) is 21.0. The molecule has 5 heteroatoms. The maximum absolute atomic E-state index is 12.8. The molecule has 5 nitrogen and oxygen atoms in total. The number of hydrogen-bond acceptors (Lipinski definition) is 4. The molecule has 3 rings (SSSR count). The van der Waals surface area contributed by atoms with E-state index in [1.54, 1.807) is 26.4 Å². The lowest BCUT2D eigenvalue weighted by Gasteiger charge is -2.23. The van der Waals surface area contributed by atoms with Gasteiger partial charge in [-0.05, 0) is 41.3 Å². The van der Waals surface area contributed by atoms with Gasteiger partial charge in [0.25, 0.3) is 5.91 Å². The van der Waals surface area contributed by atoms with Gasteiger partial charge in [-0.25, -0.2) is 0 Å². The summed E-state index contributed by atoms with van der Waals surface area (Å²) < 4.78 is 17.0. The standard InChI is InChI=1S/C27H31NO4/c1-27(2,3)22-11-7-9-13-25(22)32-18-21-16-19(14-15-24(21)31-5)26(29)28-17-20-10-6-8-12-23(20)30-4/h6-16H,17-18H2,1-5H3,(H,28,29). The van der Waals surface area contributed by atoms with Crippen molar-refractivity contribution in [2.45, 2.75) is 39.3 Å². The Labute approximate surface area is 190 Å². The zero-order valence-electron chi connectivity index (χ0n) is 19.4. The van der Waals surface area contributed by atoms with Crippen molar-refractivity contribution in [3.05, 3.63) is 89.0 Å². The van der Waals surface area contributed by atoms with Gasteiger partial charge in [-0.3, -0.25) is 4.79 Å². The first-order valence-corrected chi connectivity index (χ1v) is 10.6. The average Bonchev–Trinajstić information content (AvgIpc) is 2.80. The van der Waals surface area contributed by atoms with Crippen LogP contribution in [0, 0.1) is 0 Å². The highest BCUT2D eigenvalue weighted by atomic mass is 16.5. The van der Waals surface area contributed by atoms with Gasteiger partial charge in [0.2, 0.25) is 0 Å². The zero-order chi connectivity index (χ0) is 23.1. The molecule has 0 radical (unpaired) electrons. The molecule has 1 amide bonds. The van der Waals surface area contributed by atoms with Crippen LogP contribution in [0.4, 0.5) is 0 Å². The van der Waals surface area contributed by atoms with Gasteiger partial charge in [0.05, 0.1) is 14.2 Å². The molecule has 168 valence electrons. The fourth-order valence-electron chi connectivity index (χ4n) is 3.53. The molecule has 0 heterocycles. The number of benzene rings is 3. The maximum atomic E-state index is 12.8. The number of carbonyl (C=O) groups is 1. The average molecular weight is 434 g/mol. The smallest absolute Gasteiger partial charge is 0.251 e. The lowest BCUT2D eigenvalue weighted by molar-refractivity contribution is 0.0950. The second-order valence-corrected chi connectivity index (χ2v) is 8.56. The summed E-state index contributed by atoms with van der Waals surface area (Å²) >= 11 is 0. The molecule has 0 atom stereocenters. The summed E-state index contributed by atoms with van der Waals surface area (Å²) in [6.07, 6.45) is 0. The van der Waals surface area contributed by atoms with E-state index in [0.717, 1.165) is 28.2 Å².